The monoisotopic (exact) mass is 1000 g/mol. The number of hydrogen-bond acceptors (Lipinski definition) is 4. The molecule has 12 rings (SSSR count). The average molecular weight is 1000 g/mol. The van der Waals surface area contributed by atoms with Gasteiger partial charge in [0.2, 0.25) is 0 Å². The van der Waals surface area contributed by atoms with Crippen molar-refractivity contribution in [1.82, 2.24) is 0 Å². The van der Waals surface area contributed by atoms with E-state index in [1.165, 1.54) is 77.5 Å². The van der Waals surface area contributed by atoms with Gasteiger partial charge in [-0.2, -0.15) is 10.5 Å². The van der Waals surface area contributed by atoms with Crippen molar-refractivity contribution in [3.8, 4) is 56.6 Å². The molecule has 0 unspecified atom stereocenters. The van der Waals surface area contributed by atoms with E-state index in [9.17, 15) is 10.5 Å². The SMILES string of the molecule is Cc1cccc(C)c1-c1cc(-c2c(C)cccc2C)cc(N(c2ccc(C#N)cc2)c2ccc3ccc4c(N(c5ccc(C#N)cc5)c5cc(-c6c(C)cccc6C)cc(-c6c(C)cccc6C)c5)ccc5ccc2c3c54)c1. The Morgan fingerprint density at radius 1 is 0.282 bits per heavy atom. The molecule has 0 aliphatic heterocycles. The summed E-state index contributed by atoms with van der Waals surface area (Å²) in [5, 5.41) is 27.0. The molecule has 374 valence electrons. The van der Waals surface area contributed by atoms with Gasteiger partial charge in [-0.3, -0.25) is 0 Å². The standard InChI is InChI=1S/C74H58N4/c1-45-13-9-14-46(2)69(45)57-37-58(70-47(3)15-10-16-48(70)4)40-63(39-57)77(61-29-21-53(43-75)22-30-61)67-35-27-55-26-34-66-68(36-28-56-25-33-65(67)73(55)74(56)66)78(62-31-23-54(44-76)24-32-62)64-41-59(71-49(5)17-11-18-50(71)6)38-60(42-64)72-51(7)19-12-20-52(72)8/h9-42H,1-8H3. The van der Waals surface area contributed by atoms with E-state index in [4.69, 9.17) is 0 Å². The van der Waals surface area contributed by atoms with E-state index >= 15 is 0 Å². The highest BCUT2D eigenvalue weighted by atomic mass is 15.2. The summed E-state index contributed by atoms with van der Waals surface area (Å²) in [4.78, 5) is 4.78. The van der Waals surface area contributed by atoms with Crippen LogP contribution in [0.2, 0.25) is 0 Å². The first-order valence-electron chi connectivity index (χ1n) is 26.8. The molecule has 0 aromatic heterocycles. The van der Waals surface area contributed by atoms with Gasteiger partial charge >= 0.3 is 0 Å². The van der Waals surface area contributed by atoms with Gasteiger partial charge in [0.15, 0.2) is 0 Å². The highest BCUT2D eigenvalue weighted by Crippen LogP contribution is 2.50. The molecule has 0 atom stereocenters. The Labute approximate surface area is 458 Å². The predicted octanol–water partition coefficient (Wildman–Crippen LogP) is 20.4. The number of rotatable bonds is 10. The summed E-state index contributed by atoms with van der Waals surface area (Å²) in [7, 11) is 0. The Morgan fingerprint density at radius 2 is 0.551 bits per heavy atom. The fourth-order valence-electron chi connectivity index (χ4n) is 12.5. The minimum Gasteiger partial charge on any atom is -0.310 e. The molecule has 0 bridgehead atoms. The molecule has 0 radical (unpaired) electrons. The number of nitriles is 2. The maximum atomic E-state index is 10.1. The molecule has 0 spiro atoms. The van der Waals surface area contributed by atoms with Gasteiger partial charge in [0.1, 0.15) is 0 Å². The van der Waals surface area contributed by atoms with E-state index in [-0.39, 0.29) is 0 Å². The van der Waals surface area contributed by atoms with E-state index in [0.717, 1.165) is 77.9 Å². The maximum Gasteiger partial charge on any atom is 0.0991 e. The molecule has 0 saturated heterocycles. The number of nitrogens with zero attached hydrogens (tertiary/aromatic N) is 4. The van der Waals surface area contributed by atoms with Crippen LogP contribution in [0.25, 0.3) is 76.8 Å². The molecule has 0 N–H and O–H groups in total. The Kier molecular flexibility index (Phi) is 12.4. The van der Waals surface area contributed by atoms with Crippen LogP contribution in [-0.2, 0) is 0 Å². The molecule has 0 fully saturated rings. The van der Waals surface area contributed by atoms with E-state index in [1.54, 1.807) is 0 Å². The van der Waals surface area contributed by atoms with E-state index in [2.05, 4.69) is 259 Å². The normalized spacial score (nSPS) is 11.3. The summed E-state index contributed by atoms with van der Waals surface area (Å²) in [5.41, 5.74) is 26.4. The first-order valence-corrected chi connectivity index (χ1v) is 26.8. The fraction of sp³-hybridized carbons (Fsp3) is 0.108. The van der Waals surface area contributed by atoms with Crippen molar-refractivity contribution in [3.63, 3.8) is 0 Å². The van der Waals surface area contributed by atoms with Gasteiger partial charge < -0.3 is 9.80 Å². The molecular weight excluding hydrogens is 945 g/mol. The Hall–Kier alpha value is -9.74. The average Bonchev–Trinajstić information content (AvgIpc) is 3.52. The minimum absolute atomic E-state index is 0.606. The quantitative estimate of drug-likeness (QED) is 0.128. The highest BCUT2D eigenvalue weighted by molar-refractivity contribution is 6.28. The van der Waals surface area contributed by atoms with E-state index in [0.29, 0.717) is 11.1 Å². The van der Waals surface area contributed by atoms with Crippen molar-refractivity contribution in [2.75, 3.05) is 9.80 Å². The van der Waals surface area contributed by atoms with Gasteiger partial charge in [-0.15, -0.1) is 0 Å². The van der Waals surface area contributed by atoms with Crippen molar-refractivity contribution >= 4 is 66.4 Å². The topological polar surface area (TPSA) is 54.1 Å². The van der Waals surface area contributed by atoms with Crippen molar-refractivity contribution in [3.05, 3.63) is 262 Å². The number of anilines is 6. The maximum absolute atomic E-state index is 10.1. The second-order valence-corrected chi connectivity index (χ2v) is 21.2. The van der Waals surface area contributed by atoms with Crippen LogP contribution in [0.1, 0.15) is 55.6 Å². The predicted molar refractivity (Wildman–Crippen MR) is 329 cm³/mol. The van der Waals surface area contributed by atoms with Gasteiger partial charge in [0.25, 0.3) is 0 Å². The third-order valence-corrected chi connectivity index (χ3v) is 16.0. The molecule has 78 heavy (non-hydrogen) atoms. The Bertz CT molecular complexity index is 3930. The summed E-state index contributed by atoms with van der Waals surface area (Å²) in [6, 6.07) is 79.2. The Balaban J connectivity index is 1.14. The van der Waals surface area contributed by atoms with Gasteiger partial charge in [-0.05, 0) is 263 Å². The smallest absolute Gasteiger partial charge is 0.0991 e. The lowest BCUT2D eigenvalue weighted by molar-refractivity contribution is 1.28. The van der Waals surface area contributed by atoms with Gasteiger partial charge in [0.05, 0.1) is 34.6 Å². The van der Waals surface area contributed by atoms with Crippen LogP contribution in [0.3, 0.4) is 0 Å². The zero-order chi connectivity index (χ0) is 53.9. The second kappa shape index (κ2) is 19.8. The van der Waals surface area contributed by atoms with Crippen LogP contribution in [0.15, 0.2) is 206 Å². The molecule has 0 heterocycles. The van der Waals surface area contributed by atoms with Crippen LogP contribution < -0.4 is 9.80 Å². The molecule has 4 heteroatoms. The summed E-state index contributed by atoms with van der Waals surface area (Å²) >= 11 is 0. The van der Waals surface area contributed by atoms with E-state index < -0.39 is 0 Å². The summed E-state index contributed by atoms with van der Waals surface area (Å²) in [5.74, 6) is 0. The first-order chi connectivity index (χ1) is 37.9. The zero-order valence-electron chi connectivity index (χ0n) is 45.4. The lowest BCUT2D eigenvalue weighted by Crippen LogP contribution is -2.12. The third-order valence-electron chi connectivity index (χ3n) is 16.0. The number of aryl methyl sites for hydroxylation is 8. The van der Waals surface area contributed by atoms with Crippen LogP contribution in [-0.4, -0.2) is 0 Å². The van der Waals surface area contributed by atoms with Crippen LogP contribution in [0.4, 0.5) is 34.1 Å². The summed E-state index contributed by atoms with van der Waals surface area (Å²) in [6.07, 6.45) is 0. The molecule has 0 aliphatic carbocycles. The van der Waals surface area contributed by atoms with Crippen molar-refractivity contribution in [2.45, 2.75) is 55.4 Å². The molecule has 0 aliphatic rings. The molecule has 0 amide bonds. The number of hydrogen-bond donors (Lipinski definition) is 0. The van der Waals surface area contributed by atoms with Crippen molar-refractivity contribution in [1.29, 1.82) is 10.5 Å². The zero-order valence-corrected chi connectivity index (χ0v) is 45.4. The van der Waals surface area contributed by atoms with Gasteiger partial charge in [0, 0.05) is 33.5 Å². The van der Waals surface area contributed by atoms with Gasteiger partial charge in [-0.1, -0.05) is 109 Å². The van der Waals surface area contributed by atoms with Crippen LogP contribution in [0.5, 0.6) is 0 Å². The Morgan fingerprint density at radius 3 is 0.821 bits per heavy atom. The molecule has 4 nitrogen and oxygen atoms in total. The molecule has 12 aromatic rings. The fourth-order valence-corrected chi connectivity index (χ4v) is 12.5. The summed E-state index contributed by atoms with van der Waals surface area (Å²) in [6.45, 7) is 17.6. The van der Waals surface area contributed by atoms with Gasteiger partial charge in [-0.25, -0.2) is 0 Å². The van der Waals surface area contributed by atoms with E-state index in [1.807, 2.05) is 24.3 Å². The third kappa shape index (κ3) is 8.49. The highest BCUT2D eigenvalue weighted by Gasteiger charge is 2.25. The van der Waals surface area contributed by atoms with Crippen LogP contribution >= 0.6 is 0 Å². The van der Waals surface area contributed by atoms with Crippen molar-refractivity contribution < 1.29 is 0 Å². The summed E-state index contributed by atoms with van der Waals surface area (Å²) < 4.78 is 0. The molecule has 0 saturated carbocycles. The largest absolute Gasteiger partial charge is 0.310 e. The lowest BCUT2D eigenvalue weighted by atomic mass is 9.89. The van der Waals surface area contributed by atoms with Crippen molar-refractivity contribution in [2.24, 2.45) is 0 Å². The first kappa shape index (κ1) is 49.2. The van der Waals surface area contributed by atoms with Crippen LogP contribution in [0, 0.1) is 78.1 Å². The lowest BCUT2D eigenvalue weighted by Gasteiger charge is -2.30. The number of benzene rings is 12. The molecular formula is C74H58N4. The second-order valence-electron chi connectivity index (χ2n) is 21.2. The molecule has 12 aromatic carbocycles. The minimum atomic E-state index is 0.606.